The van der Waals surface area contributed by atoms with E-state index in [1.54, 1.807) is 11.8 Å². The van der Waals surface area contributed by atoms with Crippen molar-refractivity contribution in [1.29, 1.82) is 0 Å². The molecule has 0 heterocycles. The number of benzene rings is 1. The summed E-state index contributed by atoms with van der Waals surface area (Å²) in [6, 6.07) is 8.90. The molecule has 1 atom stereocenters. The van der Waals surface area contributed by atoms with Crippen LogP contribution < -0.4 is 10.1 Å². The van der Waals surface area contributed by atoms with E-state index in [9.17, 15) is 0 Å². The van der Waals surface area contributed by atoms with Crippen molar-refractivity contribution in [3.63, 3.8) is 0 Å². The lowest BCUT2D eigenvalue weighted by atomic mass is 10.0. The standard InChI is InChI=1S/C14H23NOS/c1-4-14(15-5-2)12-6-8-13(9-7-12)16-10-11-17-3/h6-9,14-15H,4-5,10-11H2,1-3H3. The van der Waals surface area contributed by atoms with E-state index in [4.69, 9.17) is 4.74 Å². The Balaban J connectivity index is 2.53. The molecule has 1 unspecified atom stereocenters. The van der Waals surface area contributed by atoms with Crippen LogP contribution in [0.4, 0.5) is 0 Å². The Morgan fingerprint density at radius 3 is 2.47 bits per heavy atom. The Kier molecular flexibility index (Phi) is 7.13. The maximum atomic E-state index is 5.63. The average Bonchev–Trinajstić information content (AvgIpc) is 2.37. The lowest BCUT2D eigenvalue weighted by Crippen LogP contribution is -2.19. The molecule has 0 radical (unpaired) electrons. The van der Waals surface area contributed by atoms with Crippen LogP contribution in [0.25, 0.3) is 0 Å². The minimum atomic E-state index is 0.459. The molecule has 0 spiro atoms. The summed E-state index contributed by atoms with van der Waals surface area (Å²) in [5.74, 6) is 2.01. The second-order valence-electron chi connectivity index (χ2n) is 3.93. The molecule has 0 aliphatic rings. The first kappa shape index (κ1) is 14.4. The maximum Gasteiger partial charge on any atom is 0.119 e. The Bertz CT molecular complexity index is 300. The molecule has 0 bridgehead atoms. The number of rotatable bonds is 8. The van der Waals surface area contributed by atoms with Gasteiger partial charge in [-0.3, -0.25) is 0 Å². The molecule has 0 amide bonds. The predicted octanol–water partition coefficient (Wildman–Crippen LogP) is 3.49. The van der Waals surface area contributed by atoms with Crippen molar-refractivity contribution in [1.82, 2.24) is 5.32 Å². The van der Waals surface area contributed by atoms with Crippen molar-refractivity contribution in [2.24, 2.45) is 0 Å². The summed E-state index contributed by atoms with van der Waals surface area (Å²) < 4.78 is 5.63. The van der Waals surface area contributed by atoms with Gasteiger partial charge in [-0.25, -0.2) is 0 Å². The van der Waals surface area contributed by atoms with Gasteiger partial charge in [-0.15, -0.1) is 0 Å². The molecule has 2 nitrogen and oxygen atoms in total. The first-order chi connectivity index (χ1) is 8.31. The van der Waals surface area contributed by atoms with Crippen LogP contribution in [0.2, 0.25) is 0 Å². The zero-order valence-electron chi connectivity index (χ0n) is 11.0. The topological polar surface area (TPSA) is 21.3 Å². The third kappa shape index (κ3) is 5.00. The van der Waals surface area contributed by atoms with Gasteiger partial charge >= 0.3 is 0 Å². The smallest absolute Gasteiger partial charge is 0.119 e. The fourth-order valence-electron chi connectivity index (χ4n) is 1.78. The van der Waals surface area contributed by atoms with Gasteiger partial charge in [0.2, 0.25) is 0 Å². The Labute approximate surface area is 109 Å². The minimum absolute atomic E-state index is 0.459. The number of nitrogens with one attached hydrogen (secondary N) is 1. The van der Waals surface area contributed by atoms with Gasteiger partial charge < -0.3 is 10.1 Å². The predicted molar refractivity (Wildman–Crippen MR) is 77.0 cm³/mol. The Morgan fingerprint density at radius 1 is 1.24 bits per heavy atom. The fraction of sp³-hybridized carbons (Fsp3) is 0.571. The van der Waals surface area contributed by atoms with E-state index in [1.807, 2.05) is 0 Å². The molecule has 0 aliphatic heterocycles. The van der Waals surface area contributed by atoms with E-state index in [0.717, 1.165) is 31.1 Å². The van der Waals surface area contributed by atoms with E-state index >= 15 is 0 Å². The van der Waals surface area contributed by atoms with Crippen LogP contribution >= 0.6 is 11.8 Å². The fourth-order valence-corrected chi connectivity index (χ4v) is 2.03. The van der Waals surface area contributed by atoms with Crippen molar-refractivity contribution in [2.45, 2.75) is 26.3 Å². The van der Waals surface area contributed by atoms with Gasteiger partial charge in [0.1, 0.15) is 5.75 Å². The van der Waals surface area contributed by atoms with Crippen LogP contribution in [0, 0.1) is 0 Å². The molecule has 0 saturated heterocycles. The highest BCUT2D eigenvalue weighted by molar-refractivity contribution is 7.98. The molecule has 0 aliphatic carbocycles. The highest BCUT2D eigenvalue weighted by atomic mass is 32.2. The first-order valence-corrected chi connectivity index (χ1v) is 7.66. The van der Waals surface area contributed by atoms with Gasteiger partial charge in [0.25, 0.3) is 0 Å². The van der Waals surface area contributed by atoms with E-state index in [-0.39, 0.29) is 0 Å². The molecule has 96 valence electrons. The largest absolute Gasteiger partial charge is 0.493 e. The molecule has 0 saturated carbocycles. The molecule has 3 heteroatoms. The van der Waals surface area contributed by atoms with Crippen molar-refractivity contribution >= 4 is 11.8 Å². The van der Waals surface area contributed by atoms with E-state index in [2.05, 4.69) is 49.7 Å². The highest BCUT2D eigenvalue weighted by Crippen LogP contribution is 2.20. The molecule has 1 aromatic rings. The summed E-state index contributed by atoms with van der Waals surface area (Å²) in [6.07, 6.45) is 3.20. The SMILES string of the molecule is CCNC(CC)c1ccc(OCCSC)cc1. The maximum absolute atomic E-state index is 5.63. The Hall–Kier alpha value is -0.670. The van der Waals surface area contributed by atoms with Crippen LogP contribution in [0.1, 0.15) is 31.9 Å². The molecule has 17 heavy (non-hydrogen) atoms. The molecular weight excluding hydrogens is 230 g/mol. The van der Waals surface area contributed by atoms with Crippen LogP contribution in [-0.2, 0) is 0 Å². The lowest BCUT2D eigenvalue weighted by Gasteiger charge is -2.16. The zero-order valence-corrected chi connectivity index (χ0v) is 11.8. The average molecular weight is 253 g/mol. The van der Waals surface area contributed by atoms with Crippen molar-refractivity contribution < 1.29 is 4.74 Å². The monoisotopic (exact) mass is 253 g/mol. The number of thioether (sulfide) groups is 1. The highest BCUT2D eigenvalue weighted by Gasteiger charge is 2.07. The van der Waals surface area contributed by atoms with Gasteiger partial charge in [-0.2, -0.15) is 11.8 Å². The second-order valence-corrected chi connectivity index (χ2v) is 4.91. The van der Waals surface area contributed by atoms with Gasteiger partial charge in [-0.1, -0.05) is 26.0 Å². The third-order valence-electron chi connectivity index (χ3n) is 2.70. The molecule has 0 aromatic heterocycles. The molecule has 1 aromatic carbocycles. The number of ether oxygens (including phenoxy) is 1. The van der Waals surface area contributed by atoms with E-state index in [1.165, 1.54) is 5.56 Å². The number of hydrogen-bond acceptors (Lipinski definition) is 3. The summed E-state index contributed by atoms with van der Waals surface area (Å²) in [7, 11) is 0. The van der Waals surface area contributed by atoms with Crippen LogP contribution in [0.3, 0.4) is 0 Å². The van der Waals surface area contributed by atoms with Crippen LogP contribution in [-0.4, -0.2) is 25.2 Å². The lowest BCUT2D eigenvalue weighted by molar-refractivity contribution is 0.344. The summed E-state index contributed by atoms with van der Waals surface area (Å²) in [5.41, 5.74) is 1.34. The first-order valence-electron chi connectivity index (χ1n) is 6.26. The van der Waals surface area contributed by atoms with Crippen LogP contribution in [0.15, 0.2) is 24.3 Å². The summed E-state index contributed by atoms with van der Waals surface area (Å²) in [5, 5.41) is 3.48. The van der Waals surface area contributed by atoms with Gasteiger partial charge in [0, 0.05) is 11.8 Å². The van der Waals surface area contributed by atoms with E-state index < -0.39 is 0 Å². The summed E-state index contributed by atoms with van der Waals surface area (Å²) >= 11 is 1.80. The van der Waals surface area contributed by atoms with Crippen molar-refractivity contribution in [3.05, 3.63) is 29.8 Å². The third-order valence-corrected chi connectivity index (χ3v) is 3.27. The second kappa shape index (κ2) is 8.43. The van der Waals surface area contributed by atoms with Crippen molar-refractivity contribution in [3.8, 4) is 5.75 Å². The molecule has 1 rings (SSSR count). The van der Waals surface area contributed by atoms with Gasteiger partial charge in [-0.05, 0) is 36.9 Å². The normalized spacial score (nSPS) is 12.4. The Morgan fingerprint density at radius 2 is 1.94 bits per heavy atom. The summed E-state index contributed by atoms with van der Waals surface area (Å²) in [6.45, 7) is 6.13. The minimum Gasteiger partial charge on any atom is -0.493 e. The van der Waals surface area contributed by atoms with Crippen molar-refractivity contribution in [2.75, 3.05) is 25.2 Å². The quantitative estimate of drug-likeness (QED) is 0.717. The van der Waals surface area contributed by atoms with Gasteiger partial charge in [0.05, 0.1) is 6.61 Å². The van der Waals surface area contributed by atoms with Gasteiger partial charge in [0.15, 0.2) is 0 Å². The molecule has 0 fully saturated rings. The van der Waals surface area contributed by atoms with E-state index in [0.29, 0.717) is 6.04 Å². The number of hydrogen-bond donors (Lipinski definition) is 1. The summed E-state index contributed by atoms with van der Waals surface area (Å²) in [4.78, 5) is 0. The zero-order chi connectivity index (χ0) is 12.5. The molecule has 1 N–H and O–H groups in total. The molecular formula is C14H23NOS. The van der Waals surface area contributed by atoms with Crippen LogP contribution in [0.5, 0.6) is 5.75 Å².